The number of hydrogen-bond donors (Lipinski definition) is 1. The second kappa shape index (κ2) is 5.89. The summed E-state index contributed by atoms with van der Waals surface area (Å²) in [4.78, 5) is 0. The maximum atomic E-state index is 11.2. The summed E-state index contributed by atoms with van der Waals surface area (Å²) in [7, 11) is 0. The molecule has 2 fully saturated rings. The van der Waals surface area contributed by atoms with E-state index in [2.05, 4.69) is 37.3 Å². The smallest absolute Gasteiger partial charge is 0.0664 e. The van der Waals surface area contributed by atoms with Crippen LogP contribution in [0.3, 0.4) is 0 Å². The third-order valence-electron chi connectivity index (χ3n) is 5.92. The van der Waals surface area contributed by atoms with Crippen molar-refractivity contribution in [2.75, 3.05) is 0 Å². The van der Waals surface area contributed by atoms with Crippen LogP contribution in [0.4, 0.5) is 0 Å². The van der Waals surface area contributed by atoms with Crippen LogP contribution < -0.4 is 0 Å². The van der Waals surface area contributed by atoms with Gasteiger partial charge < -0.3 is 5.11 Å². The highest BCUT2D eigenvalue weighted by Crippen LogP contribution is 2.48. The van der Waals surface area contributed by atoms with Gasteiger partial charge in [0.15, 0.2) is 0 Å². The SMILES string of the molecule is CC1CCC(C(O)C2(c3ccccc3)CCCC2)CC1. The van der Waals surface area contributed by atoms with Gasteiger partial charge in [0.05, 0.1) is 6.10 Å². The largest absolute Gasteiger partial charge is 0.392 e. The van der Waals surface area contributed by atoms with E-state index >= 15 is 0 Å². The van der Waals surface area contributed by atoms with E-state index in [4.69, 9.17) is 0 Å². The monoisotopic (exact) mass is 272 g/mol. The Morgan fingerprint density at radius 2 is 1.60 bits per heavy atom. The van der Waals surface area contributed by atoms with Crippen molar-refractivity contribution in [1.82, 2.24) is 0 Å². The van der Waals surface area contributed by atoms with Crippen molar-refractivity contribution in [2.24, 2.45) is 11.8 Å². The second-order valence-corrected chi connectivity index (χ2v) is 7.19. The minimum atomic E-state index is -0.139. The average molecular weight is 272 g/mol. The van der Waals surface area contributed by atoms with E-state index < -0.39 is 0 Å². The number of rotatable bonds is 3. The fourth-order valence-electron chi connectivity index (χ4n) is 4.58. The summed E-state index contributed by atoms with van der Waals surface area (Å²) >= 11 is 0. The molecule has 1 nitrogen and oxygen atoms in total. The molecule has 20 heavy (non-hydrogen) atoms. The van der Waals surface area contributed by atoms with Gasteiger partial charge in [-0.2, -0.15) is 0 Å². The number of benzene rings is 1. The lowest BCUT2D eigenvalue weighted by atomic mass is 9.66. The van der Waals surface area contributed by atoms with Crippen LogP contribution in [0, 0.1) is 11.8 Å². The zero-order chi connectivity index (χ0) is 14.0. The molecule has 1 atom stereocenters. The van der Waals surface area contributed by atoms with Gasteiger partial charge in [-0.1, -0.05) is 62.9 Å². The first kappa shape index (κ1) is 14.1. The van der Waals surface area contributed by atoms with Gasteiger partial charge in [0.2, 0.25) is 0 Å². The van der Waals surface area contributed by atoms with Gasteiger partial charge in [0, 0.05) is 5.41 Å². The lowest BCUT2D eigenvalue weighted by Crippen LogP contribution is -2.43. The molecule has 110 valence electrons. The summed E-state index contributed by atoms with van der Waals surface area (Å²) in [5.41, 5.74) is 1.43. The summed E-state index contributed by atoms with van der Waals surface area (Å²) in [5, 5.41) is 11.2. The summed E-state index contributed by atoms with van der Waals surface area (Å²) in [5.74, 6) is 1.37. The normalized spacial score (nSPS) is 31.1. The van der Waals surface area contributed by atoms with Crippen LogP contribution >= 0.6 is 0 Å². The summed E-state index contributed by atoms with van der Waals surface area (Å²) in [6, 6.07) is 10.8. The van der Waals surface area contributed by atoms with Crippen LogP contribution in [-0.2, 0) is 5.41 Å². The molecule has 0 saturated heterocycles. The molecular formula is C19H28O. The zero-order valence-corrected chi connectivity index (χ0v) is 12.7. The number of aliphatic hydroxyl groups is 1. The predicted octanol–water partition coefficient (Wildman–Crippen LogP) is 4.69. The Balaban J connectivity index is 1.83. The Bertz CT molecular complexity index is 411. The van der Waals surface area contributed by atoms with Crippen molar-refractivity contribution in [3.05, 3.63) is 35.9 Å². The first-order valence-corrected chi connectivity index (χ1v) is 8.46. The third kappa shape index (κ3) is 2.53. The first-order valence-electron chi connectivity index (χ1n) is 8.46. The van der Waals surface area contributed by atoms with E-state index in [1.165, 1.54) is 56.9 Å². The molecule has 0 heterocycles. The highest BCUT2D eigenvalue weighted by Gasteiger charge is 2.45. The quantitative estimate of drug-likeness (QED) is 0.846. The van der Waals surface area contributed by atoms with Gasteiger partial charge in [-0.15, -0.1) is 0 Å². The van der Waals surface area contributed by atoms with Crippen molar-refractivity contribution >= 4 is 0 Å². The summed E-state index contributed by atoms with van der Waals surface area (Å²) in [6.07, 6.45) is 9.78. The zero-order valence-electron chi connectivity index (χ0n) is 12.7. The highest BCUT2D eigenvalue weighted by atomic mass is 16.3. The van der Waals surface area contributed by atoms with Gasteiger partial charge in [0.1, 0.15) is 0 Å². The van der Waals surface area contributed by atoms with Crippen molar-refractivity contribution in [3.63, 3.8) is 0 Å². The van der Waals surface area contributed by atoms with Crippen LogP contribution in [0.15, 0.2) is 30.3 Å². The molecule has 2 saturated carbocycles. The molecule has 1 aromatic carbocycles. The van der Waals surface area contributed by atoms with Crippen LogP contribution in [-0.4, -0.2) is 11.2 Å². The van der Waals surface area contributed by atoms with Crippen LogP contribution in [0.25, 0.3) is 0 Å². The van der Waals surface area contributed by atoms with Crippen molar-refractivity contribution < 1.29 is 5.11 Å². The van der Waals surface area contributed by atoms with E-state index in [1.807, 2.05) is 0 Å². The lowest BCUT2D eigenvalue weighted by molar-refractivity contribution is 0.00891. The minimum Gasteiger partial charge on any atom is -0.392 e. The van der Waals surface area contributed by atoms with E-state index in [9.17, 15) is 5.11 Å². The van der Waals surface area contributed by atoms with E-state index in [0.717, 1.165) is 5.92 Å². The molecule has 2 aliphatic rings. The van der Waals surface area contributed by atoms with Crippen LogP contribution in [0.2, 0.25) is 0 Å². The average Bonchev–Trinajstić information content (AvgIpc) is 2.99. The van der Waals surface area contributed by atoms with Crippen molar-refractivity contribution in [1.29, 1.82) is 0 Å². The number of hydrogen-bond acceptors (Lipinski definition) is 1. The lowest BCUT2D eigenvalue weighted by Gasteiger charge is -2.41. The number of aliphatic hydroxyl groups excluding tert-OH is 1. The van der Waals surface area contributed by atoms with Gasteiger partial charge in [-0.25, -0.2) is 0 Å². The molecule has 0 aliphatic heterocycles. The van der Waals surface area contributed by atoms with Crippen molar-refractivity contribution in [3.8, 4) is 0 Å². The molecule has 3 rings (SSSR count). The van der Waals surface area contributed by atoms with Gasteiger partial charge in [-0.05, 0) is 43.1 Å². The molecule has 0 bridgehead atoms. The Labute approximate surface area is 123 Å². The van der Waals surface area contributed by atoms with E-state index in [-0.39, 0.29) is 11.5 Å². The molecule has 0 aromatic heterocycles. The maximum absolute atomic E-state index is 11.2. The van der Waals surface area contributed by atoms with E-state index in [0.29, 0.717) is 5.92 Å². The molecule has 0 amide bonds. The van der Waals surface area contributed by atoms with E-state index in [1.54, 1.807) is 0 Å². The third-order valence-corrected chi connectivity index (χ3v) is 5.92. The van der Waals surface area contributed by atoms with Gasteiger partial charge in [0.25, 0.3) is 0 Å². The summed E-state index contributed by atoms with van der Waals surface area (Å²) < 4.78 is 0. The van der Waals surface area contributed by atoms with Crippen molar-refractivity contribution in [2.45, 2.75) is 69.8 Å². The molecule has 0 spiro atoms. The van der Waals surface area contributed by atoms with Gasteiger partial charge >= 0.3 is 0 Å². The minimum absolute atomic E-state index is 0.0481. The molecule has 1 heteroatoms. The standard InChI is InChI=1S/C19H28O/c1-15-9-11-16(12-10-15)18(20)19(13-5-6-14-19)17-7-3-2-4-8-17/h2-4,7-8,15-16,18,20H,5-6,9-14H2,1H3. The first-order chi connectivity index (χ1) is 9.72. The topological polar surface area (TPSA) is 20.2 Å². The fourth-order valence-corrected chi connectivity index (χ4v) is 4.58. The predicted molar refractivity (Wildman–Crippen MR) is 83.7 cm³/mol. The maximum Gasteiger partial charge on any atom is 0.0664 e. The van der Waals surface area contributed by atoms with Crippen LogP contribution in [0.1, 0.15) is 63.9 Å². The fraction of sp³-hybridized carbons (Fsp3) is 0.684. The molecule has 1 N–H and O–H groups in total. The Kier molecular flexibility index (Phi) is 4.16. The molecule has 1 unspecified atom stereocenters. The highest BCUT2D eigenvalue weighted by molar-refractivity contribution is 5.28. The molecule has 1 aromatic rings. The molecular weight excluding hydrogens is 244 g/mol. The van der Waals surface area contributed by atoms with Gasteiger partial charge in [-0.3, -0.25) is 0 Å². The Morgan fingerprint density at radius 3 is 2.20 bits per heavy atom. The summed E-state index contributed by atoms with van der Waals surface area (Å²) in [6.45, 7) is 2.35. The molecule has 2 aliphatic carbocycles. The Hall–Kier alpha value is -0.820. The Morgan fingerprint density at radius 1 is 1.00 bits per heavy atom. The molecule has 0 radical (unpaired) electrons. The second-order valence-electron chi connectivity index (χ2n) is 7.19. The van der Waals surface area contributed by atoms with Crippen LogP contribution in [0.5, 0.6) is 0 Å².